The molecule has 0 bridgehead atoms. The molecule has 128 valence electrons. The molecule has 1 aromatic carbocycles. The van der Waals surface area contributed by atoms with E-state index in [1.54, 1.807) is 13.3 Å². The summed E-state index contributed by atoms with van der Waals surface area (Å²) in [5, 5.41) is 3.67. The summed E-state index contributed by atoms with van der Waals surface area (Å²) in [5.74, 6) is 1.55. The second-order valence-electron chi connectivity index (χ2n) is 6.35. The Hall–Kier alpha value is -2.07. The van der Waals surface area contributed by atoms with E-state index in [-0.39, 0.29) is 0 Å². The van der Waals surface area contributed by atoms with Gasteiger partial charge in [0.15, 0.2) is 11.5 Å². The molecule has 24 heavy (non-hydrogen) atoms. The SMILES string of the molecule is COc1ccc(CNC2CCCCC2)cc1OCc1cccnc1. The molecule has 0 amide bonds. The van der Waals surface area contributed by atoms with Crippen LogP contribution in [0, 0.1) is 0 Å². The Bertz CT molecular complexity index is 625. The van der Waals surface area contributed by atoms with Gasteiger partial charge in [-0.2, -0.15) is 0 Å². The van der Waals surface area contributed by atoms with Gasteiger partial charge in [0, 0.05) is 30.5 Å². The predicted octanol–water partition coefficient (Wildman–Crippen LogP) is 4.09. The van der Waals surface area contributed by atoms with Crippen LogP contribution in [0.25, 0.3) is 0 Å². The summed E-state index contributed by atoms with van der Waals surface area (Å²) in [6.07, 6.45) is 10.2. The zero-order chi connectivity index (χ0) is 16.6. The van der Waals surface area contributed by atoms with E-state index in [9.17, 15) is 0 Å². The van der Waals surface area contributed by atoms with Crippen LogP contribution in [0.4, 0.5) is 0 Å². The van der Waals surface area contributed by atoms with Crippen molar-refractivity contribution in [3.8, 4) is 11.5 Å². The van der Waals surface area contributed by atoms with Crippen molar-refractivity contribution in [3.05, 3.63) is 53.9 Å². The fourth-order valence-electron chi connectivity index (χ4n) is 3.16. The van der Waals surface area contributed by atoms with Gasteiger partial charge in [-0.3, -0.25) is 4.98 Å². The number of hydrogen-bond acceptors (Lipinski definition) is 4. The maximum Gasteiger partial charge on any atom is 0.161 e. The molecule has 4 nitrogen and oxygen atoms in total. The van der Waals surface area contributed by atoms with Gasteiger partial charge in [0.25, 0.3) is 0 Å². The van der Waals surface area contributed by atoms with Crippen molar-refractivity contribution < 1.29 is 9.47 Å². The molecule has 1 N–H and O–H groups in total. The number of benzene rings is 1. The number of rotatable bonds is 7. The van der Waals surface area contributed by atoms with Gasteiger partial charge in [-0.15, -0.1) is 0 Å². The van der Waals surface area contributed by atoms with Crippen molar-refractivity contribution in [3.63, 3.8) is 0 Å². The monoisotopic (exact) mass is 326 g/mol. The molecule has 0 spiro atoms. The molecule has 2 aromatic rings. The van der Waals surface area contributed by atoms with Gasteiger partial charge < -0.3 is 14.8 Å². The minimum absolute atomic E-state index is 0.490. The zero-order valence-electron chi connectivity index (χ0n) is 14.3. The highest BCUT2D eigenvalue weighted by molar-refractivity contribution is 5.43. The molecule has 1 heterocycles. The van der Waals surface area contributed by atoms with Crippen LogP contribution in [0.5, 0.6) is 11.5 Å². The number of methoxy groups -OCH3 is 1. The van der Waals surface area contributed by atoms with Gasteiger partial charge in [-0.1, -0.05) is 31.4 Å². The summed E-state index contributed by atoms with van der Waals surface area (Å²) in [7, 11) is 1.67. The number of ether oxygens (including phenoxy) is 2. The fraction of sp³-hybridized carbons (Fsp3) is 0.450. The molecule has 1 aliphatic rings. The second-order valence-corrected chi connectivity index (χ2v) is 6.35. The van der Waals surface area contributed by atoms with E-state index < -0.39 is 0 Å². The first-order valence-electron chi connectivity index (χ1n) is 8.77. The van der Waals surface area contributed by atoms with E-state index in [1.165, 1.54) is 37.7 Å². The molecule has 1 aliphatic carbocycles. The largest absolute Gasteiger partial charge is 0.493 e. The number of nitrogens with zero attached hydrogens (tertiary/aromatic N) is 1. The molecule has 1 aromatic heterocycles. The van der Waals surface area contributed by atoms with Crippen LogP contribution in [-0.4, -0.2) is 18.1 Å². The average molecular weight is 326 g/mol. The standard InChI is InChI=1S/C20H26N2O2/c1-23-19-10-9-16(14-22-18-7-3-2-4-8-18)12-20(19)24-15-17-6-5-11-21-13-17/h5-6,9-13,18,22H,2-4,7-8,14-15H2,1H3. The van der Waals surface area contributed by atoms with Crippen LogP contribution in [0.15, 0.2) is 42.7 Å². The Morgan fingerprint density at radius 3 is 2.71 bits per heavy atom. The minimum atomic E-state index is 0.490. The van der Waals surface area contributed by atoms with Crippen molar-refractivity contribution in [2.45, 2.75) is 51.3 Å². The summed E-state index contributed by atoms with van der Waals surface area (Å²) in [4.78, 5) is 4.12. The van der Waals surface area contributed by atoms with E-state index >= 15 is 0 Å². The molecule has 0 atom stereocenters. The molecule has 0 unspecified atom stereocenters. The third-order valence-corrected chi connectivity index (χ3v) is 4.55. The van der Waals surface area contributed by atoms with Crippen LogP contribution < -0.4 is 14.8 Å². The quantitative estimate of drug-likeness (QED) is 0.832. The van der Waals surface area contributed by atoms with Gasteiger partial charge in [-0.25, -0.2) is 0 Å². The van der Waals surface area contributed by atoms with E-state index in [0.717, 1.165) is 23.6 Å². The Labute approximate surface area is 144 Å². The Morgan fingerprint density at radius 1 is 1.08 bits per heavy atom. The first kappa shape index (κ1) is 16.8. The third-order valence-electron chi connectivity index (χ3n) is 4.55. The minimum Gasteiger partial charge on any atom is -0.493 e. The van der Waals surface area contributed by atoms with Crippen molar-refractivity contribution in [1.29, 1.82) is 0 Å². The summed E-state index contributed by atoms with van der Waals surface area (Å²) < 4.78 is 11.4. The smallest absolute Gasteiger partial charge is 0.161 e. The van der Waals surface area contributed by atoms with Crippen molar-refractivity contribution >= 4 is 0 Å². The average Bonchev–Trinajstić information content (AvgIpc) is 2.66. The maximum atomic E-state index is 5.95. The molecule has 0 radical (unpaired) electrons. The van der Waals surface area contributed by atoms with E-state index in [0.29, 0.717) is 12.6 Å². The number of hydrogen-bond donors (Lipinski definition) is 1. The van der Waals surface area contributed by atoms with Crippen LogP contribution in [-0.2, 0) is 13.2 Å². The first-order chi connectivity index (χ1) is 11.8. The van der Waals surface area contributed by atoms with Gasteiger partial charge in [0.2, 0.25) is 0 Å². The lowest BCUT2D eigenvalue weighted by Crippen LogP contribution is -2.30. The van der Waals surface area contributed by atoms with E-state index in [1.807, 2.05) is 24.4 Å². The lowest BCUT2D eigenvalue weighted by Gasteiger charge is -2.23. The Kier molecular flexibility index (Phi) is 6.07. The first-order valence-corrected chi connectivity index (χ1v) is 8.77. The molecule has 0 aliphatic heterocycles. The van der Waals surface area contributed by atoms with Crippen molar-refractivity contribution in [1.82, 2.24) is 10.3 Å². The zero-order valence-corrected chi connectivity index (χ0v) is 14.3. The molecular formula is C20H26N2O2. The highest BCUT2D eigenvalue weighted by Gasteiger charge is 2.13. The molecule has 3 rings (SSSR count). The predicted molar refractivity (Wildman–Crippen MR) is 95.3 cm³/mol. The van der Waals surface area contributed by atoms with Crippen LogP contribution in [0.1, 0.15) is 43.2 Å². The Balaban J connectivity index is 1.61. The fourth-order valence-corrected chi connectivity index (χ4v) is 3.16. The number of nitrogens with one attached hydrogen (secondary N) is 1. The molecule has 0 saturated heterocycles. The summed E-state index contributed by atoms with van der Waals surface area (Å²) in [6.45, 7) is 1.36. The van der Waals surface area contributed by atoms with Crippen molar-refractivity contribution in [2.75, 3.05) is 7.11 Å². The van der Waals surface area contributed by atoms with Crippen LogP contribution >= 0.6 is 0 Å². The van der Waals surface area contributed by atoms with Crippen LogP contribution in [0.2, 0.25) is 0 Å². The molecule has 1 fully saturated rings. The maximum absolute atomic E-state index is 5.95. The lowest BCUT2D eigenvalue weighted by atomic mass is 9.95. The van der Waals surface area contributed by atoms with E-state index in [4.69, 9.17) is 9.47 Å². The van der Waals surface area contributed by atoms with E-state index in [2.05, 4.69) is 22.4 Å². The van der Waals surface area contributed by atoms with Crippen molar-refractivity contribution in [2.24, 2.45) is 0 Å². The normalized spacial score (nSPS) is 15.2. The topological polar surface area (TPSA) is 43.4 Å². The van der Waals surface area contributed by atoms with Gasteiger partial charge >= 0.3 is 0 Å². The molecule has 4 heteroatoms. The summed E-state index contributed by atoms with van der Waals surface area (Å²) in [5.41, 5.74) is 2.27. The summed E-state index contributed by atoms with van der Waals surface area (Å²) >= 11 is 0. The van der Waals surface area contributed by atoms with Gasteiger partial charge in [0.1, 0.15) is 6.61 Å². The number of aromatic nitrogens is 1. The van der Waals surface area contributed by atoms with Gasteiger partial charge in [-0.05, 0) is 36.6 Å². The highest BCUT2D eigenvalue weighted by Crippen LogP contribution is 2.29. The summed E-state index contributed by atoms with van der Waals surface area (Å²) in [6, 6.07) is 10.7. The lowest BCUT2D eigenvalue weighted by molar-refractivity contribution is 0.283. The second kappa shape index (κ2) is 8.69. The Morgan fingerprint density at radius 2 is 1.96 bits per heavy atom. The highest BCUT2D eigenvalue weighted by atomic mass is 16.5. The third kappa shape index (κ3) is 4.71. The van der Waals surface area contributed by atoms with Gasteiger partial charge in [0.05, 0.1) is 7.11 Å². The molecular weight excluding hydrogens is 300 g/mol. The molecule has 1 saturated carbocycles. The van der Waals surface area contributed by atoms with Crippen LogP contribution in [0.3, 0.4) is 0 Å². The number of pyridine rings is 1.